The van der Waals surface area contributed by atoms with E-state index in [0.29, 0.717) is 0 Å². The van der Waals surface area contributed by atoms with E-state index >= 15 is 0 Å². The second-order valence-electron chi connectivity index (χ2n) is 7.01. The van der Waals surface area contributed by atoms with E-state index in [0.717, 1.165) is 41.3 Å². The van der Waals surface area contributed by atoms with Gasteiger partial charge in [0.15, 0.2) is 0 Å². The minimum Gasteiger partial charge on any atom is -0.394 e. The molecule has 0 radical (unpaired) electrons. The van der Waals surface area contributed by atoms with Crippen molar-refractivity contribution in [1.82, 2.24) is 9.78 Å². The largest absolute Gasteiger partial charge is 0.394 e. The van der Waals surface area contributed by atoms with Gasteiger partial charge in [-0.1, -0.05) is 25.2 Å². The fourth-order valence-corrected chi connectivity index (χ4v) is 3.31. The molecule has 0 saturated carbocycles. The van der Waals surface area contributed by atoms with Crippen LogP contribution in [0.5, 0.6) is 0 Å². The van der Waals surface area contributed by atoms with E-state index in [1.54, 1.807) is 4.68 Å². The standard InChI is InChI=1S/C20H26N2O5/c1-3-4-5-12-8-13(17-14(9-12)10-22(2)21-17)6-7-15-18(24)20(26)19(25)16(11-23)27-15/h8-10,15-16,18-20,23-26H,3-5,11H2,1-2H3/t15-,16-,18-,19-,20-/m1/s1. The molecule has 3 rings (SSSR count). The number of fused-ring (bicyclic) bond motifs is 1. The van der Waals surface area contributed by atoms with Crippen LogP contribution in [-0.2, 0) is 18.2 Å². The Morgan fingerprint density at radius 1 is 1.19 bits per heavy atom. The van der Waals surface area contributed by atoms with Gasteiger partial charge < -0.3 is 25.2 Å². The Morgan fingerprint density at radius 2 is 1.96 bits per heavy atom. The number of aliphatic hydroxyl groups is 4. The molecule has 4 N–H and O–H groups in total. The summed E-state index contributed by atoms with van der Waals surface area (Å²) in [5, 5.41) is 44.7. The van der Waals surface area contributed by atoms with Crippen molar-refractivity contribution in [2.24, 2.45) is 7.05 Å². The molecule has 1 fully saturated rings. The van der Waals surface area contributed by atoms with Crippen LogP contribution in [0.25, 0.3) is 10.9 Å². The van der Waals surface area contributed by atoms with Crippen molar-refractivity contribution in [2.75, 3.05) is 6.61 Å². The summed E-state index contributed by atoms with van der Waals surface area (Å²) in [5.41, 5.74) is 2.64. The number of unbranched alkanes of at least 4 members (excludes halogenated alkanes) is 1. The minimum atomic E-state index is -1.43. The van der Waals surface area contributed by atoms with Crippen LogP contribution in [0.15, 0.2) is 18.3 Å². The van der Waals surface area contributed by atoms with E-state index in [-0.39, 0.29) is 0 Å². The summed E-state index contributed by atoms with van der Waals surface area (Å²) in [6, 6.07) is 4.10. The summed E-state index contributed by atoms with van der Waals surface area (Å²) >= 11 is 0. The van der Waals surface area contributed by atoms with Crippen LogP contribution in [0.2, 0.25) is 0 Å². The number of hydrogen-bond acceptors (Lipinski definition) is 6. The topological polar surface area (TPSA) is 108 Å². The smallest absolute Gasteiger partial charge is 0.147 e. The molecule has 1 aromatic heterocycles. The molecule has 27 heavy (non-hydrogen) atoms. The van der Waals surface area contributed by atoms with E-state index in [1.807, 2.05) is 19.3 Å². The fraction of sp³-hybridized carbons (Fsp3) is 0.550. The number of aliphatic hydroxyl groups excluding tert-OH is 4. The molecular formula is C20H26N2O5. The van der Waals surface area contributed by atoms with Gasteiger partial charge in [0.25, 0.3) is 0 Å². The maximum atomic E-state index is 10.1. The highest BCUT2D eigenvalue weighted by molar-refractivity contribution is 5.85. The van der Waals surface area contributed by atoms with Crippen molar-refractivity contribution >= 4 is 10.9 Å². The number of benzene rings is 1. The predicted molar refractivity (Wildman–Crippen MR) is 100.0 cm³/mol. The summed E-state index contributed by atoms with van der Waals surface area (Å²) in [5.74, 6) is 5.85. The van der Waals surface area contributed by atoms with E-state index in [2.05, 4.69) is 29.9 Å². The minimum absolute atomic E-state index is 0.472. The highest BCUT2D eigenvalue weighted by atomic mass is 16.5. The lowest BCUT2D eigenvalue weighted by molar-refractivity contribution is -0.214. The van der Waals surface area contributed by atoms with Gasteiger partial charge in [-0.2, -0.15) is 5.10 Å². The Bertz CT molecular complexity index is 851. The molecule has 1 saturated heterocycles. The maximum Gasteiger partial charge on any atom is 0.147 e. The Kier molecular flexibility index (Phi) is 6.15. The zero-order valence-corrected chi connectivity index (χ0v) is 15.5. The fourth-order valence-electron chi connectivity index (χ4n) is 3.31. The molecule has 7 nitrogen and oxygen atoms in total. The second-order valence-corrected chi connectivity index (χ2v) is 7.01. The van der Waals surface area contributed by atoms with E-state index in [4.69, 9.17) is 4.74 Å². The summed E-state index contributed by atoms with van der Waals surface area (Å²) in [6.07, 6.45) is -1.11. The van der Waals surface area contributed by atoms with Crippen LogP contribution in [0.1, 0.15) is 30.9 Å². The highest BCUT2D eigenvalue weighted by Gasteiger charge is 2.42. The van der Waals surface area contributed by atoms with Crippen LogP contribution in [-0.4, -0.2) is 67.3 Å². The van der Waals surface area contributed by atoms with Crippen LogP contribution in [0.4, 0.5) is 0 Å². The lowest BCUT2D eigenvalue weighted by Crippen LogP contribution is -2.58. The molecule has 0 unspecified atom stereocenters. The van der Waals surface area contributed by atoms with Gasteiger partial charge in [0.05, 0.1) is 12.2 Å². The molecule has 2 heterocycles. The Labute approximate surface area is 158 Å². The van der Waals surface area contributed by atoms with Gasteiger partial charge in [-0.15, -0.1) is 0 Å². The Balaban J connectivity index is 1.94. The van der Waals surface area contributed by atoms with Gasteiger partial charge in [-0.25, -0.2) is 0 Å². The van der Waals surface area contributed by atoms with Crippen LogP contribution in [0.3, 0.4) is 0 Å². The van der Waals surface area contributed by atoms with Gasteiger partial charge in [0.1, 0.15) is 36.0 Å². The number of nitrogens with zero attached hydrogens (tertiary/aromatic N) is 2. The molecule has 2 aromatic rings. The molecule has 0 bridgehead atoms. The monoisotopic (exact) mass is 374 g/mol. The molecule has 1 aliphatic rings. The van der Waals surface area contributed by atoms with E-state index in [1.165, 1.54) is 0 Å². The third kappa shape index (κ3) is 4.15. The average Bonchev–Trinajstić information content (AvgIpc) is 3.04. The van der Waals surface area contributed by atoms with Gasteiger partial charge >= 0.3 is 0 Å². The summed E-state index contributed by atoms with van der Waals surface area (Å²) in [4.78, 5) is 0. The van der Waals surface area contributed by atoms with Gasteiger partial charge in [0, 0.05) is 18.6 Å². The number of ether oxygens (including phenoxy) is 1. The summed E-state index contributed by atoms with van der Waals surface area (Å²) in [7, 11) is 1.85. The van der Waals surface area contributed by atoms with E-state index in [9.17, 15) is 20.4 Å². The van der Waals surface area contributed by atoms with Crippen molar-refractivity contribution in [2.45, 2.75) is 56.7 Å². The highest BCUT2D eigenvalue weighted by Crippen LogP contribution is 2.23. The maximum absolute atomic E-state index is 10.1. The third-order valence-electron chi connectivity index (χ3n) is 4.84. The van der Waals surface area contributed by atoms with Crippen LogP contribution < -0.4 is 0 Å². The van der Waals surface area contributed by atoms with Gasteiger partial charge in [-0.3, -0.25) is 4.68 Å². The Hall–Kier alpha value is -1.95. The number of hydrogen-bond donors (Lipinski definition) is 4. The number of rotatable bonds is 4. The molecule has 0 spiro atoms. The first-order valence-electron chi connectivity index (χ1n) is 9.23. The quantitative estimate of drug-likeness (QED) is 0.566. The lowest BCUT2D eigenvalue weighted by Gasteiger charge is -2.37. The van der Waals surface area contributed by atoms with Crippen molar-refractivity contribution in [1.29, 1.82) is 0 Å². The molecule has 0 amide bonds. The first-order chi connectivity index (χ1) is 12.9. The van der Waals surface area contributed by atoms with Crippen molar-refractivity contribution in [3.05, 3.63) is 29.5 Å². The second kappa shape index (κ2) is 8.38. The molecular weight excluding hydrogens is 348 g/mol. The lowest BCUT2D eigenvalue weighted by atomic mass is 9.95. The zero-order valence-electron chi connectivity index (χ0n) is 15.5. The first-order valence-corrected chi connectivity index (χ1v) is 9.23. The molecule has 1 aromatic carbocycles. The normalized spacial score (nSPS) is 28.1. The van der Waals surface area contributed by atoms with Crippen molar-refractivity contribution < 1.29 is 25.2 Å². The molecule has 7 heteroatoms. The first kappa shape index (κ1) is 19.8. The van der Waals surface area contributed by atoms with Crippen LogP contribution in [0, 0.1) is 11.8 Å². The Morgan fingerprint density at radius 3 is 2.67 bits per heavy atom. The number of aromatic nitrogens is 2. The molecule has 5 atom stereocenters. The summed E-state index contributed by atoms with van der Waals surface area (Å²) < 4.78 is 7.18. The molecule has 0 aliphatic carbocycles. The van der Waals surface area contributed by atoms with E-state index < -0.39 is 37.1 Å². The zero-order chi connectivity index (χ0) is 19.6. The van der Waals surface area contributed by atoms with Gasteiger partial charge in [0.2, 0.25) is 0 Å². The predicted octanol–water partition coefficient (Wildman–Crippen LogP) is 0.110. The third-order valence-corrected chi connectivity index (χ3v) is 4.84. The van der Waals surface area contributed by atoms with Crippen LogP contribution >= 0.6 is 0 Å². The van der Waals surface area contributed by atoms with Crippen molar-refractivity contribution in [3.8, 4) is 11.8 Å². The average molecular weight is 374 g/mol. The SMILES string of the molecule is CCCCc1cc(C#C[C@H]2O[C@H](CO)[C@@H](O)[C@H](O)[C@@H]2O)c2nn(C)cc2c1. The van der Waals surface area contributed by atoms with Gasteiger partial charge in [-0.05, 0) is 30.5 Å². The number of aryl methyl sites for hydroxylation is 2. The molecule has 146 valence electrons. The summed E-state index contributed by atoms with van der Waals surface area (Å²) in [6.45, 7) is 1.67. The van der Waals surface area contributed by atoms with Crippen molar-refractivity contribution in [3.63, 3.8) is 0 Å². The molecule has 1 aliphatic heterocycles.